The molecule has 3 atom stereocenters. The molecule has 0 spiro atoms. The molecule has 0 radical (unpaired) electrons. The average molecular weight is 576 g/mol. The number of benzene rings is 3. The number of carbonyl (C=O) groups excluding carboxylic acids is 2. The highest BCUT2D eigenvalue weighted by Crippen LogP contribution is 2.55. The molecule has 2 amide bonds. The van der Waals surface area contributed by atoms with Crippen LogP contribution in [-0.2, 0) is 20.9 Å². The van der Waals surface area contributed by atoms with Crippen LogP contribution in [0, 0.1) is 11.8 Å². The molecule has 3 aliphatic rings. The molecular weight excluding hydrogens is 544 g/mol. The highest BCUT2D eigenvalue weighted by molar-refractivity contribution is 5.91. The van der Waals surface area contributed by atoms with Gasteiger partial charge in [0.05, 0.1) is 5.92 Å². The molecule has 42 heavy (non-hydrogen) atoms. The maximum atomic E-state index is 14.7. The summed E-state index contributed by atoms with van der Waals surface area (Å²) in [5.74, 6) is -9.02. The van der Waals surface area contributed by atoms with Crippen LogP contribution >= 0.6 is 0 Å². The smallest absolute Gasteiger partial charge is 0.407 e. The number of carboxylic acid groups (broad SMARTS) is 1. The molecule has 3 aromatic rings. The second-order valence-corrected chi connectivity index (χ2v) is 11.3. The van der Waals surface area contributed by atoms with E-state index in [0.717, 1.165) is 27.8 Å². The van der Waals surface area contributed by atoms with E-state index in [-0.39, 0.29) is 25.5 Å². The van der Waals surface area contributed by atoms with Crippen molar-refractivity contribution in [3.05, 3.63) is 95.6 Å². The van der Waals surface area contributed by atoms with Crippen LogP contribution in [0.5, 0.6) is 0 Å². The first-order chi connectivity index (χ1) is 20.2. The number of rotatable bonds is 9. The van der Waals surface area contributed by atoms with Crippen LogP contribution in [0.1, 0.15) is 29.0 Å². The Balaban J connectivity index is 1.03. The van der Waals surface area contributed by atoms with Crippen LogP contribution in [0.4, 0.5) is 13.6 Å². The lowest BCUT2D eigenvalue weighted by Crippen LogP contribution is -2.57. The molecule has 10 heteroatoms. The summed E-state index contributed by atoms with van der Waals surface area (Å²) in [6.07, 6.45) is -0.755. The molecule has 1 heterocycles. The molecule has 1 aliphatic heterocycles. The van der Waals surface area contributed by atoms with Crippen molar-refractivity contribution in [1.82, 2.24) is 15.5 Å². The van der Waals surface area contributed by atoms with E-state index < -0.39 is 47.8 Å². The van der Waals surface area contributed by atoms with Gasteiger partial charge in [0, 0.05) is 32.1 Å². The van der Waals surface area contributed by atoms with E-state index in [9.17, 15) is 28.3 Å². The van der Waals surface area contributed by atoms with E-state index in [1.54, 1.807) is 0 Å². The molecule has 3 N–H and O–H groups in total. The summed E-state index contributed by atoms with van der Waals surface area (Å²) in [4.78, 5) is 39.5. The van der Waals surface area contributed by atoms with Crippen LogP contribution in [0.2, 0.25) is 0 Å². The van der Waals surface area contributed by atoms with Gasteiger partial charge in [0.25, 0.3) is 5.92 Å². The van der Waals surface area contributed by atoms with Gasteiger partial charge in [0.1, 0.15) is 12.5 Å². The minimum atomic E-state index is -3.37. The fourth-order valence-corrected chi connectivity index (χ4v) is 6.35. The van der Waals surface area contributed by atoms with E-state index in [2.05, 4.69) is 10.6 Å². The number of fused-ring (bicyclic) bond motifs is 3. The number of hydrogen-bond donors (Lipinski definition) is 3. The van der Waals surface area contributed by atoms with Crippen LogP contribution in [0.3, 0.4) is 0 Å². The third-order valence-electron chi connectivity index (χ3n) is 8.66. The predicted molar refractivity (Wildman–Crippen MR) is 150 cm³/mol. The number of halogens is 2. The fraction of sp³-hybridized carbons (Fsp3) is 0.344. The summed E-state index contributed by atoms with van der Waals surface area (Å²) in [5, 5.41) is 14.7. The number of carboxylic acids is 1. The van der Waals surface area contributed by atoms with Gasteiger partial charge in [-0.3, -0.25) is 9.69 Å². The second-order valence-electron chi connectivity index (χ2n) is 11.3. The van der Waals surface area contributed by atoms with E-state index >= 15 is 0 Å². The van der Waals surface area contributed by atoms with Gasteiger partial charge in [-0.1, -0.05) is 78.9 Å². The lowest BCUT2D eigenvalue weighted by atomic mass is 9.98. The van der Waals surface area contributed by atoms with Gasteiger partial charge in [-0.25, -0.2) is 18.4 Å². The summed E-state index contributed by atoms with van der Waals surface area (Å²) < 4.78 is 34.8. The molecule has 6 rings (SSSR count). The van der Waals surface area contributed by atoms with Gasteiger partial charge in [0.2, 0.25) is 5.91 Å². The SMILES string of the molecule is O=C(NC[C@H]1[C@@H](C(=O)NC2(C(=O)O)CCN(Cc3ccccc3)C2)C1(F)F)OCC1c2ccccc2-c2ccccc21. The molecule has 0 aromatic heterocycles. The van der Waals surface area contributed by atoms with E-state index in [0.29, 0.717) is 13.1 Å². The maximum absolute atomic E-state index is 14.7. The van der Waals surface area contributed by atoms with E-state index in [1.807, 2.05) is 83.8 Å². The number of aliphatic carboxylic acids is 1. The Morgan fingerprint density at radius 1 is 0.929 bits per heavy atom. The Hall–Kier alpha value is -4.31. The van der Waals surface area contributed by atoms with Gasteiger partial charge < -0.3 is 20.5 Å². The maximum Gasteiger partial charge on any atom is 0.407 e. The highest BCUT2D eigenvalue weighted by Gasteiger charge is 2.72. The zero-order valence-corrected chi connectivity index (χ0v) is 22.8. The number of likely N-dealkylation sites (tertiary alicyclic amines) is 1. The van der Waals surface area contributed by atoms with Crippen LogP contribution < -0.4 is 10.6 Å². The molecule has 0 bridgehead atoms. The van der Waals surface area contributed by atoms with Crippen molar-refractivity contribution >= 4 is 18.0 Å². The van der Waals surface area contributed by atoms with Gasteiger partial charge in [-0.2, -0.15) is 0 Å². The molecule has 1 unspecified atom stereocenters. The van der Waals surface area contributed by atoms with Gasteiger partial charge in [-0.15, -0.1) is 0 Å². The number of carbonyl (C=O) groups is 3. The van der Waals surface area contributed by atoms with Crippen molar-refractivity contribution < 1.29 is 33.0 Å². The Morgan fingerprint density at radius 3 is 2.19 bits per heavy atom. The van der Waals surface area contributed by atoms with Crippen LogP contribution in [-0.4, -0.2) is 65.7 Å². The van der Waals surface area contributed by atoms with Crippen LogP contribution in [0.15, 0.2) is 78.9 Å². The lowest BCUT2D eigenvalue weighted by molar-refractivity contribution is -0.147. The molecule has 3 aromatic carbocycles. The number of alkyl halides is 2. The first-order valence-corrected chi connectivity index (χ1v) is 14.0. The average Bonchev–Trinajstić information content (AvgIpc) is 3.23. The molecule has 2 fully saturated rings. The number of ether oxygens (including phenoxy) is 1. The standard InChI is InChI=1S/C32H31F2N3O5/c33-32(34)26(16-35-30(41)42-18-25-23-12-6-4-10-21(23)22-11-5-7-13-24(22)25)27(32)28(38)36-31(29(39)40)14-15-37(19-31)17-20-8-2-1-3-9-20/h1-13,25-27H,14-19H2,(H,35,41)(H,36,38)(H,39,40)/t26-,27-,31?/m0/s1. The zero-order chi connectivity index (χ0) is 29.5. The van der Waals surface area contributed by atoms with Crippen molar-refractivity contribution in [2.24, 2.45) is 11.8 Å². The predicted octanol–water partition coefficient (Wildman–Crippen LogP) is 4.25. The largest absolute Gasteiger partial charge is 0.479 e. The van der Waals surface area contributed by atoms with E-state index in [1.165, 1.54) is 0 Å². The number of nitrogens with zero attached hydrogens (tertiary/aromatic N) is 1. The van der Waals surface area contributed by atoms with Crippen molar-refractivity contribution in [1.29, 1.82) is 0 Å². The summed E-state index contributed by atoms with van der Waals surface area (Å²) in [6, 6.07) is 25.2. The second kappa shape index (κ2) is 10.8. The van der Waals surface area contributed by atoms with E-state index in [4.69, 9.17) is 4.74 Å². The number of nitrogens with one attached hydrogen (secondary N) is 2. The fourth-order valence-electron chi connectivity index (χ4n) is 6.35. The Labute approximate surface area is 241 Å². The van der Waals surface area contributed by atoms with Gasteiger partial charge in [-0.05, 0) is 34.2 Å². The third kappa shape index (κ3) is 5.11. The molecule has 2 aliphatic carbocycles. The Morgan fingerprint density at radius 2 is 1.55 bits per heavy atom. The van der Waals surface area contributed by atoms with Crippen molar-refractivity contribution in [2.75, 3.05) is 26.2 Å². The third-order valence-corrected chi connectivity index (χ3v) is 8.66. The monoisotopic (exact) mass is 575 g/mol. The first kappa shape index (κ1) is 27.8. The number of alkyl carbamates (subject to hydrolysis) is 1. The highest BCUT2D eigenvalue weighted by atomic mass is 19.3. The number of hydrogen-bond acceptors (Lipinski definition) is 5. The summed E-state index contributed by atoms with van der Waals surface area (Å²) in [7, 11) is 0. The first-order valence-electron chi connectivity index (χ1n) is 14.0. The zero-order valence-electron chi connectivity index (χ0n) is 22.8. The summed E-state index contributed by atoms with van der Waals surface area (Å²) >= 11 is 0. The topological polar surface area (TPSA) is 108 Å². The number of amides is 2. The summed E-state index contributed by atoms with van der Waals surface area (Å²) in [6.45, 7) is 0.449. The normalized spacial score (nSPS) is 24.0. The molecule has 218 valence electrons. The van der Waals surface area contributed by atoms with Crippen molar-refractivity contribution in [3.63, 3.8) is 0 Å². The van der Waals surface area contributed by atoms with Crippen molar-refractivity contribution in [2.45, 2.75) is 30.3 Å². The van der Waals surface area contributed by atoms with Crippen LogP contribution in [0.25, 0.3) is 11.1 Å². The quantitative estimate of drug-likeness (QED) is 0.352. The molecular formula is C32H31F2N3O5. The Bertz CT molecular complexity index is 1470. The van der Waals surface area contributed by atoms with Gasteiger partial charge in [0.15, 0.2) is 5.54 Å². The van der Waals surface area contributed by atoms with Crippen molar-refractivity contribution in [3.8, 4) is 11.1 Å². The minimum absolute atomic E-state index is 0.00389. The molecule has 1 saturated heterocycles. The molecule has 8 nitrogen and oxygen atoms in total. The summed E-state index contributed by atoms with van der Waals surface area (Å²) in [5.41, 5.74) is 3.52. The minimum Gasteiger partial charge on any atom is -0.479 e. The Kier molecular flexibility index (Phi) is 7.18. The van der Waals surface area contributed by atoms with Gasteiger partial charge >= 0.3 is 12.1 Å². The lowest BCUT2D eigenvalue weighted by Gasteiger charge is -2.26. The molecule has 1 saturated carbocycles.